The molecule has 1 fully saturated rings. The second kappa shape index (κ2) is 6.78. The predicted octanol–water partition coefficient (Wildman–Crippen LogP) is 0.703. The summed E-state index contributed by atoms with van der Waals surface area (Å²) < 4.78 is 0. The predicted molar refractivity (Wildman–Crippen MR) is 77.9 cm³/mol. The Hall–Kier alpha value is -1.79. The third-order valence-corrected chi connectivity index (χ3v) is 4.23. The number of carbonyl (C=O) groups excluding carboxylic acids is 2. The molecule has 0 bridgehead atoms. The van der Waals surface area contributed by atoms with Gasteiger partial charge in [-0.3, -0.25) is 9.59 Å². The van der Waals surface area contributed by atoms with Crippen molar-refractivity contribution >= 4 is 17.9 Å². The molecule has 7 nitrogen and oxygen atoms in total. The number of nitrogens with zero attached hydrogens (tertiary/aromatic N) is 3. The van der Waals surface area contributed by atoms with Crippen LogP contribution in [0.15, 0.2) is 0 Å². The maximum atomic E-state index is 12.4. The summed E-state index contributed by atoms with van der Waals surface area (Å²) in [6.07, 6.45) is 0.957. The number of likely N-dealkylation sites (tertiary alicyclic amines) is 1. The zero-order chi connectivity index (χ0) is 16.2. The summed E-state index contributed by atoms with van der Waals surface area (Å²) in [7, 11) is 3.28. The molecule has 21 heavy (non-hydrogen) atoms. The van der Waals surface area contributed by atoms with E-state index in [9.17, 15) is 19.5 Å². The lowest BCUT2D eigenvalue weighted by Gasteiger charge is -2.29. The van der Waals surface area contributed by atoms with Crippen molar-refractivity contribution in [3.05, 3.63) is 0 Å². The summed E-state index contributed by atoms with van der Waals surface area (Å²) in [5.41, 5.74) is -0.847. The summed E-state index contributed by atoms with van der Waals surface area (Å²) in [6, 6.07) is -0.260. The first-order valence-electron chi connectivity index (χ1n) is 7.24. The molecule has 120 valence electrons. The number of likely N-dealkylation sites (N-methyl/N-ethyl adjacent to an activating group) is 2. The number of rotatable bonds is 5. The summed E-state index contributed by atoms with van der Waals surface area (Å²) >= 11 is 0. The lowest BCUT2D eigenvalue weighted by molar-refractivity contribution is -0.148. The summed E-state index contributed by atoms with van der Waals surface area (Å²) in [6.45, 7) is 4.71. The molecule has 1 unspecified atom stereocenters. The van der Waals surface area contributed by atoms with E-state index in [1.54, 1.807) is 25.9 Å². The third kappa shape index (κ3) is 3.65. The minimum absolute atomic E-state index is 0.0189. The van der Waals surface area contributed by atoms with Crippen LogP contribution in [-0.4, -0.2) is 78.0 Å². The van der Waals surface area contributed by atoms with E-state index >= 15 is 0 Å². The highest BCUT2D eigenvalue weighted by Crippen LogP contribution is 2.34. The van der Waals surface area contributed by atoms with Gasteiger partial charge in [-0.15, -0.1) is 0 Å². The van der Waals surface area contributed by atoms with E-state index in [0.717, 1.165) is 0 Å². The van der Waals surface area contributed by atoms with Crippen LogP contribution >= 0.6 is 0 Å². The topological polar surface area (TPSA) is 81.2 Å². The van der Waals surface area contributed by atoms with Crippen LogP contribution in [0.1, 0.15) is 26.7 Å². The van der Waals surface area contributed by atoms with Crippen molar-refractivity contribution in [2.45, 2.75) is 26.7 Å². The normalized spacial score (nSPS) is 21.2. The van der Waals surface area contributed by atoms with E-state index in [1.165, 1.54) is 9.80 Å². The van der Waals surface area contributed by atoms with Gasteiger partial charge in [0, 0.05) is 33.7 Å². The van der Waals surface area contributed by atoms with Gasteiger partial charge < -0.3 is 19.8 Å². The Morgan fingerprint density at radius 3 is 2.24 bits per heavy atom. The van der Waals surface area contributed by atoms with E-state index in [4.69, 9.17) is 0 Å². The maximum absolute atomic E-state index is 12.4. The average Bonchev–Trinajstić information content (AvgIpc) is 2.89. The molecule has 1 aliphatic rings. The van der Waals surface area contributed by atoms with Gasteiger partial charge in [-0.05, 0) is 19.8 Å². The van der Waals surface area contributed by atoms with E-state index in [0.29, 0.717) is 25.9 Å². The molecule has 0 saturated carbocycles. The van der Waals surface area contributed by atoms with Gasteiger partial charge in [0.05, 0.1) is 5.41 Å². The van der Waals surface area contributed by atoms with Gasteiger partial charge in [0.2, 0.25) is 5.91 Å². The fourth-order valence-corrected chi connectivity index (χ4v) is 2.47. The Morgan fingerprint density at radius 1 is 1.24 bits per heavy atom. The van der Waals surface area contributed by atoms with E-state index < -0.39 is 11.4 Å². The molecule has 0 radical (unpaired) electrons. The van der Waals surface area contributed by atoms with Gasteiger partial charge in [0.1, 0.15) is 6.54 Å². The number of hydrogen-bond acceptors (Lipinski definition) is 3. The molecular formula is C14H25N3O4. The minimum atomic E-state index is -0.854. The molecule has 3 amide bonds. The van der Waals surface area contributed by atoms with Crippen molar-refractivity contribution in [3.63, 3.8) is 0 Å². The Kier molecular flexibility index (Phi) is 5.57. The van der Waals surface area contributed by atoms with Crippen LogP contribution in [0, 0.1) is 5.41 Å². The van der Waals surface area contributed by atoms with Gasteiger partial charge >= 0.3 is 12.0 Å². The summed E-state index contributed by atoms with van der Waals surface area (Å²) in [5, 5.41) is 9.36. The average molecular weight is 299 g/mol. The van der Waals surface area contributed by atoms with Gasteiger partial charge in [-0.2, -0.15) is 0 Å². The number of carboxylic acid groups (broad SMARTS) is 1. The van der Waals surface area contributed by atoms with Crippen molar-refractivity contribution in [2.24, 2.45) is 5.41 Å². The largest absolute Gasteiger partial charge is 0.481 e. The van der Waals surface area contributed by atoms with Crippen LogP contribution in [0.25, 0.3) is 0 Å². The summed E-state index contributed by atoms with van der Waals surface area (Å²) in [4.78, 5) is 40.0. The Labute approximate surface area is 125 Å². The maximum Gasteiger partial charge on any atom is 0.320 e. The molecule has 0 spiro atoms. The molecule has 0 aliphatic carbocycles. The first kappa shape index (κ1) is 17.3. The number of amides is 3. The van der Waals surface area contributed by atoms with Crippen molar-refractivity contribution in [3.8, 4) is 0 Å². The lowest BCUT2D eigenvalue weighted by atomic mass is 9.84. The number of aliphatic carboxylic acids is 1. The zero-order valence-electron chi connectivity index (χ0n) is 13.3. The highest BCUT2D eigenvalue weighted by molar-refractivity contribution is 5.85. The fourth-order valence-electron chi connectivity index (χ4n) is 2.47. The molecule has 1 rings (SSSR count). The lowest BCUT2D eigenvalue weighted by Crippen LogP contribution is -2.47. The Morgan fingerprint density at radius 2 is 1.86 bits per heavy atom. The monoisotopic (exact) mass is 299 g/mol. The molecule has 1 aliphatic heterocycles. The molecule has 0 aromatic carbocycles. The molecule has 0 aromatic heterocycles. The van der Waals surface area contributed by atoms with Gasteiger partial charge in [0.25, 0.3) is 0 Å². The van der Waals surface area contributed by atoms with Crippen LogP contribution in [-0.2, 0) is 9.59 Å². The molecule has 1 atom stereocenters. The highest BCUT2D eigenvalue weighted by Gasteiger charge is 2.45. The van der Waals surface area contributed by atoms with Crippen LogP contribution in [0.2, 0.25) is 0 Å². The van der Waals surface area contributed by atoms with Crippen molar-refractivity contribution in [1.29, 1.82) is 0 Å². The SMILES string of the molecule is CCN(CC(=O)N(C)C)C(=O)N1CCC(CC)(C(=O)O)C1. The Balaban J connectivity index is 2.75. The zero-order valence-corrected chi connectivity index (χ0v) is 13.3. The van der Waals surface area contributed by atoms with Crippen LogP contribution < -0.4 is 0 Å². The number of carbonyl (C=O) groups is 3. The molecule has 1 N–H and O–H groups in total. The first-order chi connectivity index (χ1) is 9.77. The quantitative estimate of drug-likeness (QED) is 0.810. The third-order valence-electron chi connectivity index (χ3n) is 4.23. The second-order valence-electron chi connectivity index (χ2n) is 5.70. The van der Waals surface area contributed by atoms with Gasteiger partial charge in [0.15, 0.2) is 0 Å². The smallest absolute Gasteiger partial charge is 0.320 e. The molecule has 7 heteroatoms. The van der Waals surface area contributed by atoms with Crippen LogP contribution in [0.4, 0.5) is 4.79 Å². The van der Waals surface area contributed by atoms with Gasteiger partial charge in [-0.1, -0.05) is 6.92 Å². The van der Waals surface area contributed by atoms with E-state index in [2.05, 4.69) is 0 Å². The minimum Gasteiger partial charge on any atom is -0.481 e. The summed E-state index contributed by atoms with van der Waals surface area (Å²) in [5.74, 6) is -1.00. The highest BCUT2D eigenvalue weighted by atomic mass is 16.4. The number of hydrogen-bond donors (Lipinski definition) is 1. The second-order valence-corrected chi connectivity index (χ2v) is 5.70. The van der Waals surface area contributed by atoms with Crippen LogP contribution in [0.5, 0.6) is 0 Å². The Bertz CT molecular complexity index is 424. The molecule has 0 aromatic rings. The molecule has 1 heterocycles. The van der Waals surface area contributed by atoms with Crippen molar-refractivity contribution in [1.82, 2.24) is 14.7 Å². The first-order valence-corrected chi connectivity index (χ1v) is 7.24. The standard InChI is InChI=1S/C14H25N3O4/c1-5-14(12(19)20)7-8-17(10-14)13(21)16(6-2)9-11(18)15(3)4/h5-10H2,1-4H3,(H,19,20). The van der Waals surface area contributed by atoms with E-state index in [-0.39, 0.29) is 25.0 Å². The number of carboxylic acids is 1. The van der Waals surface area contributed by atoms with Crippen molar-refractivity contribution < 1.29 is 19.5 Å². The van der Waals surface area contributed by atoms with E-state index in [1.807, 2.05) is 6.92 Å². The molecular weight excluding hydrogens is 274 g/mol. The van der Waals surface area contributed by atoms with Crippen molar-refractivity contribution in [2.75, 3.05) is 40.3 Å². The van der Waals surface area contributed by atoms with Gasteiger partial charge in [-0.25, -0.2) is 4.79 Å². The van der Waals surface area contributed by atoms with Crippen LogP contribution in [0.3, 0.4) is 0 Å². The number of urea groups is 1. The fraction of sp³-hybridized carbons (Fsp3) is 0.786. The molecule has 1 saturated heterocycles.